The number of rotatable bonds is 8. The first-order valence-corrected chi connectivity index (χ1v) is 7.85. The van der Waals surface area contributed by atoms with Crippen molar-refractivity contribution in [1.82, 2.24) is 0 Å². The van der Waals surface area contributed by atoms with Crippen LogP contribution in [0, 0.1) is 5.41 Å². The predicted octanol–water partition coefficient (Wildman–Crippen LogP) is 4.75. The lowest BCUT2D eigenvalue weighted by molar-refractivity contribution is -0.139. The Bertz CT molecular complexity index is 375. The van der Waals surface area contributed by atoms with Crippen molar-refractivity contribution in [2.24, 2.45) is 5.41 Å². The Morgan fingerprint density at radius 1 is 1.05 bits per heavy atom. The molecule has 0 atom stereocenters. The number of carbonyl (C=O) groups is 2. The molecule has 22 heavy (non-hydrogen) atoms. The molecule has 0 aliphatic heterocycles. The van der Waals surface area contributed by atoms with Crippen molar-refractivity contribution in [3.05, 3.63) is 24.3 Å². The topological polar surface area (TPSA) is 63.6 Å². The molecular weight excluding hydrogens is 280 g/mol. The summed E-state index contributed by atoms with van der Waals surface area (Å²) in [7, 11) is 0. The van der Waals surface area contributed by atoms with E-state index in [1.54, 1.807) is 0 Å². The van der Waals surface area contributed by atoms with E-state index in [1.807, 2.05) is 27.7 Å². The molecular formula is C18H32O4. The molecule has 0 radical (unpaired) electrons. The second-order valence-corrected chi connectivity index (χ2v) is 6.19. The number of carboxylic acids is 1. The molecule has 0 fully saturated rings. The van der Waals surface area contributed by atoms with Gasteiger partial charge in [0.05, 0.1) is 6.61 Å². The Morgan fingerprint density at radius 2 is 1.59 bits per heavy atom. The molecule has 0 aromatic heterocycles. The van der Waals surface area contributed by atoms with Crippen LogP contribution in [0.4, 0.5) is 0 Å². The number of ether oxygens (including phenoxy) is 1. The van der Waals surface area contributed by atoms with Gasteiger partial charge in [0.2, 0.25) is 0 Å². The lowest BCUT2D eigenvalue weighted by atomic mass is 9.88. The normalized spacial score (nSPS) is 10.2. The molecule has 0 heterocycles. The van der Waals surface area contributed by atoms with Crippen LogP contribution in [0.2, 0.25) is 0 Å². The quantitative estimate of drug-likeness (QED) is 0.399. The van der Waals surface area contributed by atoms with Crippen LogP contribution in [-0.4, -0.2) is 23.7 Å². The highest BCUT2D eigenvalue weighted by Crippen LogP contribution is 2.22. The van der Waals surface area contributed by atoms with E-state index in [4.69, 9.17) is 9.84 Å². The van der Waals surface area contributed by atoms with Crippen LogP contribution in [0.3, 0.4) is 0 Å². The molecule has 0 aromatic rings. The van der Waals surface area contributed by atoms with Crippen molar-refractivity contribution in [2.45, 2.75) is 66.7 Å². The van der Waals surface area contributed by atoms with Crippen LogP contribution < -0.4 is 0 Å². The average Bonchev–Trinajstić information content (AvgIpc) is 2.44. The molecule has 0 rings (SSSR count). The van der Waals surface area contributed by atoms with Crippen LogP contribution in [0.25, 0.3) is 0 Å². The van der Waals surface area contributed by atoms with E-state index in [0.717, 1.165) is 12.8 Å². The van der Waals surface area contributed by atoms with Gasteiger partial charge in [-0.15, -0.1) is 0 Å². The largest absolute Gasteiger partial charge is 0.478 e. The minimum Gasteiger partial charge on any atom is -0.478 e. The van der Waals surface area contributed by atoms with Crippen molar-refractivity contribution in [1.29, 1.82) is 0 Å². The van der Waals surface area contributed by atoms with Gasteiger partial charge in [0.1, 0.15) is 0 Å². The lowest BCUT2D eigenvalue weighted by Crippen LogP contribution is -2.15. The molecule has 4 nitrogen and oxygen atoms in total. The third-order valence-electron chi connectivity index (χ3n) is 3.11. The van der Waals surface area contributed by atoms with Crippen LogP contribution in [0.1, 0.15) is 66.7 Å². The molecule has 4 heteroatoms. The zero-order chi connectivity index (χ0) is 17.8. The van der Waals surface area contributed by atoms with Gasteiger partial charge in [0.25, 0.3) is 0 Å². The fourth-order valence-corrected chi connectivity index (χ4v) is 1.26. The second-order valence-electron chi connectivity index (χ2n) is 6.19. The van der Waals surface area contributed by atoms with E-state index >= 15 is 0 Å². The molecule has 128 valence electrons. The number of aliphatic carboxylic acids is 1. The summed E-state index contributed by atoms with van der Waals surface area (Å²) < 4.78 is 5.00. The van der Waals surface area contributed by atoms with E-state index in [-0.39, 0.29) is 17.0 Å². The molecule has 0 amide bonds. The first-order chi connectivity index (χ1) is 10.1. The van der Waals surface area contributed by atoms with Gasteiger partial charge >= 0.3 is 11.9 Å². The zero-order valence-electron chi connectivity index (χ0n) is 14.8. The number of carbonyl (C=O) groups excluding carboxylic acids is 1. The van der Waals surface area contributed by atoms with Crippen molar-refractivity contribution in [2.75, 3.05) is 6.61 Å². The van der Waals surface area contributed by atoms with Gasteiger partial charge in [-0.3, -0.25) is 0 Å². The minimum atomic E-state index is -0.914. The molecule has 0 saturated heterocycles. The third kappa shape index (κ3) is 12.2. The summed E-state index contributed by atoms with van der Waals surface area (Å²) in [6.45, 7) is 17.1. The van der Waals surface area contributed by atoms with E-state index in [0.29, 0.717) is 18.6 Å². The molecule has 0 bridgehead atoms. The molecule has 0 unspecified atom stereocenters. The van der Waals surface area contributed by atoms with Crippen LogP contribution in [0.15, 0.2) is 24.3 Å². The molecule has 1 N–H and O–H groups in total. The fourth-order valence-electron chi connectivity index (χ4n) is 1.26. The van der Waals surface area contributed by atoms with Crippen molar-refractivity contribution in [3.63, 3.8) is 0 Å². The molecule has 0 saturated carbocycles. The number of unbranched alkanes of at least 4 members (excludes halogenated alkanes) is 3. The SMILES string of the molecule is C=C(C(=O)O)C(C)(C)C.C=C(CC)C(=O)OCCCCCC. The van der Waals surface area contributed by atoms with Gasteiger partial charge in [0, 0.05) is 11.1 Å². The summed E-state index contributed by atoms with van der Waals surface area (Å²) in [5, 5.41) is 8.42. The summed E-state index contributed by atoms with van der Waals surface area (Å²) in [4.78, 5) is 21.3. The number of carboxylic acid groups (broad SMARTS) is 1. The summed E-state index contributed by atoms with van der Waals surface area (Å²) in [6, 6.07) is 0. The van der Waals surface area contributed by atoms with Crippen LogP contribution in [-0.2, 0) is 14.3 Å². The van der Waals surface area contributed by atoms with E-state index in [9.17, 15) is 9.59 Å². The highest BCUT2D eigenvalue weighted by atomic mass is 16.5. The van der Waals surface area contributed by atoms with Gasteiger partial charge in [-0.25, -0.2) is 9.59 Å². The Hall–Kier alpha value is -1.58. The Kier molecular flexibility index (Phi) is 12.4. The first-order valence-electron chi connectivity index (χ1n) is 7.85. The van der Waals surface area contributed by atoms with Gasteiger partial charge in [-0.1, -0.05) is 67.0 Å². The zero-order valence-corrected chi connectivity index (χ0v) is 14.8. The van der Waals surface area contributed by atoms with Crippen LogP contribution >= 0.6 is 0 Å². The van der Waals surface area contributed by atoms with Gasteiger partial charge < -0.3 is 9.84 Å². The van der Waals surface area contributed by atoms with E-state index in [2.05, 4.69) is 20.1 Å². The Morgan fingerprint density at radius 3 is 1.91 bits per heavy atom. The lowest BCUT2D eigenvalue weighted by Gasteiger charge is -2.17. The molecule has 0 aliphatic rings. The number of hydrogen-bond donors (Lipinski definition) is 1. The maximum Gasteiger partial charge on any atom is 0.333 e. The summed E-state index contributed by atoms with van der Waals surface area (Å²) in [5.41, 5.74) is 0.504. The first kappa shape index (κ1) is 22.7. The van der Waals surface area contributed by atoms with E-state index < -0.39 is 5.97 Å². The standard InChI is InChI=1S/C11H20O2.C7H12O2/c1-4-6-7-8-9-13-11(12)10(3)5-2;1-5(6(8)9)7(2,3)4/h3-9H2,1-2H3;1H2,2-4H3,(H,8,9). The maximum atomic E-state index is 11.1. The summed E-state index contributed by atoms with van der Waals surface area (Å²) >= 11 is 0. The van der Waals surface area contributed by atoms with Gasteiger partial charge in [0.15, 0.2) is 0 Å². The van der Waals surface area contributed by atoms with Gasteiger partial charge in [-0.05, 0) is 18.3 Å². The summed E-state index contributed by atoms with van der Waals surface area (Å²) in [5.74, 6) is -1.15. The minimum absolute atomic E-state index is 0.237. The Labute approximate surface area is 135 Å². The van der Waals surface area contributed by atoms with Crippen LogP contribution in [0.5, 0.6) is 0 Å². The maximum absolute atomic E-state index is 11.1. The molecule has 0 spiro atoms. The highest BCUT2D eigenvalue weighted by Gasteiger charge is 2.20. The van der Waals surface area contributed by atoms with Crippen molar-refractivity contribution in [3.8, 4) is 0 Å². The smallest absolute Gasteiger partial charge is 0.333 e. The van der Waals surface area contributed by atoms with Crippen molar-refractivity contribution >= 4 is 11.9 Å². The van der Waals surface area contributed by atoms with Gasteiger partial charge in [-0.2, -0.15) is 0 Å². The third-order valence-corrected chi connectivity index (χ3v) is 3.11. The van der Waals surface area contributed by atoms with Crippen molar-refractivity contribution < 1.29 is 19.4 Å². The average molecular weight is 312 g/mol. The predicted molar refractivity (Wildman–Crippen MR) is 90.8 cm³/mol. The second kappa shape index (κ2) is 12.0. The fraction of sp³-hybridized carbons (Fsp3) is 0.667. The molecule has 0 aromatic carbocycles. The van der Waals surface area contributed by atoms with E-state index in [1.165, 1.54) is 12.8 Å². The number of esters is 1. The summed E-state index contributed by atoms with van der Waals surface area (Å²) in [6.07, 6.45) is 5.20. The Balaban J connectivity index is 0. The number of hydrogen-bond acceptors (Lipinski definition) is 3. The molecule has 0 aliphatic carbocycles. The monoisotopic (exact) mass is 312 g/mol. The highest BCUT2D eigenvalue weighted by molar-refractivity contribution is 5.87.